The molecule has 0 aliphatic heterocycles. The number of hydrogen-bond donors (Lipinski definition) is 1. The maximum absolute atomic E-state index is 11.9. The summed E-state index contributed by atoms with van der Waals surface area (Å²) >= 11 is 5.64. The average Bonchev–Trinajstić information content (AvgIpc) is 2.11. The number of anilines is 1. The van der Waals surface area contributed by atoms with Gasteiger partial charge in [-0.05, 0) is 24.6 Å². The van der Waals surface area contributed by atoms with Crippen molar-refractivity contribution in [2.24, 2.45) is 0 Å². The van der Waals surface area contributed by atoms with E-state index in [0.717, 1.165) is 0 Å². The SMILES string of the molecule is Cc1ccc(Cl)cc1NC(=O)C(F)F. The first kappa shape index (κ1) is 10.9. The molecule has 76 valence electrons. The number of aryl methyl sites for hydroxylation is 1. The Labute approximate surface area is 84.9 Å². The molecule has 0 spiro atoms. The minimum Gasteiger partial charge on any atom is -0.321 e. The van der Waals surface area contributed by atoms with Crippen LogP contribution in [0.25, 0.3) is 0 Å². The van der Waals surface area contributed by atoms with E-state index in [2.05, 4.69) is 5.32 Å². The molecule has 1 amide bonds. The van der Waals surface area contributed by atoms with Gasteiger partial charge in [-0.15, -0.1) is 0 Å². The smallest absolute Gasteiger partial charge is 0.315 e. The Morgan fingerprint density at radius 1 is 1.50 bits per heavy atom. The molecule has 0 aromatic heterocycles. The van der Waals surface area contributed by atoms with Gasteiger partial charge >= 0.3 is 6.43 Å². The molecule has 1 rings (SSSR count). The van der Waals surface area contributed by atoms with E-state index in [1.54, 1.807) is 19.1 Å². The predicted molar refractivity (Wildman–Crippen MR) is 50.8 cm³/mol. The molecule has 0 radical (unpaired) electrons. The van der Waals surface area contributed by atoms with Crippen molar-refractivity contribution in [2.75, 3.05) is 5.32 Å². The number of alkyl halides is 2. The fraction of sp³-hybridized carbons (Fsp3) is 0.222. The Bertz CT molecular complexity index is 355. The van der Waals surface area contributed by atoms with E-state index in [1.165, 1.54) is 6.07 Å². The van der Waals surface area contributed by atoms with E-state index in [-0.39, 0.29) is 0 Å². The molecule has 0 bridgehead atoms. The summed E-state index contributed by atoms with van der Waals surface area (Å²) in [6.07, 6.45) is -3.02. The summed E-state index contributed by atoms with van der Waals surface area (Å²) in [6, 6.07) is 4.69. The van der Waals surface area contributed by atoms with Crippen molar-refractivity contribution in [2.45, 2.75) is 13.3 Å². The van der Waals surface area contributed by atoms with Gasteiger partial charge in [-0.25, -0.2) is 0 Å². The molecule has 0 aliphatic rings. The van der Waals surface area contributed by atoms with E-state index >= 15 is 0 Å². The van der Waals surface area contributed by atoms with E-state index < -0.39 is 12.3 Å². The highest BCUT2D eigenvalue weighted by Gasteiger charge is 2.15. The molecule has 0 saturated heterocycles. The molecule has 5 heteroatoms. The lowest BCUT2D eigenvalue weighted by Gasteiger charge is -2.07. The van der Waals surface area contributed by atoms with Crippen LogP contribution in [0.5, 0.6) is 0 Å². The summed E-state index contributed by atoms with van der Waals surface area (Å²) in [4.78, 5) is 10.7. The van der Waals surface area contributed by atoms with Gasteiger partial charge in [0.1, 0.15) is 0 Å². The largest absolute Gasteiger partial charge is 0.321 e. The fourth-order valence-corrected chi connectivity index (χ4v) is 1.09. The summed E-state index contributed by atoms with van der Waals surface area (Å²) in [7, 11) is 0. The third-order valence-corrected chi connectivity index (χ3v) is 1.89. The number of nitrogens with one attached hydrogen (secondary N) is 1. The van der Waals surface area contributed by atoms with Gasteiger partial charge in [0.05, 0.1) is 0 Å². The Morgan fingerprint density at radius 3 is 2.71 bits per heavy atom. The van der Waals surface area contributed by atoms with Crippen LogP contribution in [0.4, 0.5) is 14.5 Å². The maximum atomic E-state index is 11.9. The first-order valence-corrected chi connectivity index (χ1v) is 4.23. The Morgan fingerprint density at radius 2 is 2.14 bits per heavy atom. The molecule has 0 aliphatic carbocycles. The lowest BCUT2D eigenvalue weighted by atomic mass is 10.2. The third kappa shape index (κ3) is 2.67. The number of carbonyl (C=O) groups excluding carboxylic acids is 1. The standard InChI is InChI=1S/C9H8ClF2NO/c1-5-2-3-6(10)4-7(5)13-9(14)8(11)12/h2-4,8H,1H3,(H,13,14). The zero-order valence-corrected chi connectivity index (χ0v) is 8.11. The molecule has 0 fully saturated rings. The summed E-state index contributed by atoms with van der Waals surface area (Å²) in [6.45, 7) is 1.69. The molecule has 0 atom stereocenters. The number of amides is 1. The summed E-state index contributed by atoms with van der Waals surface area (Å²) in [5.41, 5.74) is 0.992. The molecular weight excluding hydrogens is 212 g/mol. The fourth-order valence-electron chi connectivity index (χ4n) is 0.916. The van der Waals surface area contributed by atoms with Gasteiger partial charge in [-0.2, -0.15) is 8.78 Å². The number of carbonyl (C=O) groups is 1. The number of rotatable bonds is 2. The topological polar surface area (TPSA) is 29.1 Å². The van der Waals surface area contributed by atoms with Gasteiger partial charge in [0.25, 0.3) is 5.91 Å². The predicted octanol–water partition coefficient (Wildman–Crippen LogP) is 2.85. The molecule has 0 heterocycles. The molecule has 0 unspecified atom stereocenters. The van der Waals surface area contributed by atoms with Crippen LogP contribution in [0, 0.1) is 6.92 Å². The minimum absolute atomic E-state index is 0.308. The van der Waals surface area contributed by atoms with Crippen LogP contribution < -0.4 is 5.32 Å². The molecule has 14 heavy (non-hydrogen) atoms. The van der Waals surface area contributed by atoms with Crippen LogP contribution in [-0.4, -0.2) is 12.3 Å². The molecule has 1 N–H and O–H groups in total. The van der Waals surface area contributed by atoms with Crippen molar-refractivity contribution >= 4 is 23.2 Å². The Kier molecular flexibility index (Phi) is 3.41. The van der Waals surface area contributed by atoms with E-state index in [1.807, 2.05) is 0 Å². The van der Waals surface area contributed by atoms with Crippen LogP contribution in [0.15, 0.2) is 18.2 Å². The number of benzene rings is 1. The second-order valence-corrected chi connectivity index (χ2v) is 3.19. The van der Waals surface area contributed by atoms with Crippen LogP contribution in [0.3, 0.4) is 0 Å². The Balaban J connectivity index is 2.86. The van der Waals surface area contributed by atoms with Gasteiger partial charge < -0.3 is 5.32 Å². The van der Waals surface area contributed by atoms with Crippen LogP contribution >= 0.6 is 11.6 Å². The number of hydrogen-bond acceptors (Lipinski definition) is 1. The van der Waals surface area contributed by atoms with Gasteiger partial charge in [0.15, 0.2) is 0 Å². The normalized spacial score (nSPS) is 10.4. The van der Waals surface area contributed by atoms with Crippen molar-refractivity contribution in [1.82, 2.24) is 0 Å². The van der Waals surface area contributed by atoms with Crippen molar-refractivity contribution in [3.63, 3.8) is 0 Å². The summed E-state index contributed by atoms with van der Waals surface area (Å²) in [5.74, 6) is -1.32. The van der Waals surface area contributed by atoms with Gasteiger partial charge in [0.2, 0.25) is 0 Å². The molecule has 1 aromatic rings. The highest BCUT2D eigenvalue weighted by molar-refractivity contribution is 6.31. The van der Waals surface area contributed by atoms with Crippen LogP contribution in [-0.2, 0) is 4.79 Å². The first-order valence-electron chi connectivity index (χ1n) is 3.86. The quantitative estimate of drug-likeness (QED) is 0.814. The maximum Gasteiger partial charge on any atom is 0.315 e. The second kappa shape index (κ2) is 4.37. The van der Waals surface area contributed by atoms with Crippen molar-refractivity contribution < 1.29 is 13.6 Å². The Hall–Kier alpha value is -1.16. The van der Waals surface area contributed by atoms with Crippen molar-refractivity contribution in [3.05, 3.63) is 28.8 Å². The summed E-state index contributed by atoms with van der Waals surface area (Å²) < 4.78 is 23.8. The molecule has 0 saturated carbocycles. The second-order valence-electron chi connectivity index (χ2n) is 2.75. The van der Waals surface area contributed by atoms with Gasteiger partial charge in [-0.1, -0.05) is 17.7 Å². The van der Waals surface area contributed by atoms with Crippen LogP contribution in [0.2, 0.25) is 5.02 Å². The van der Waals surface area contributed by atoms with Crippen molar-refractivity contribution in [3.8, 4) is 0 Å². The molecule has 1 aromatic carbocycles. The molecular formula is C9H8ClF2NO. The number of halogens is 3. The van der Waals surface area contributed by atoms with Gasteiger partial charge in [-0.3, -0.25) is 4.79 Å². The lowest BCUT2D eigenvalue weighted by Crippen LogP contribution is -2.20. The van der Waals surface area contributed by atoms with Gasteiger partial charge in [0, 0.05) is 10.7 Å². The average molecular weight is 220 g/mol. The zero-order chi connectivity index (χ0) is 10.7. The van der Waals surface area contributed by atoms with Crippen LogP contribution in [0.1, 0.15) is 5.56 Å². The first-order chi connectivity index (χ1) is 6.50. The minimum atomic E-state index is -3.02. The monoisotopic (exact) mass is 219 g/mol. The zero-order valence-electron chi connectivity index (χ0n) is 7.35. The van der Waals surface area contributed by atoms with Crippen molar-refractivity contribution in [1.29, 1.82) is 0 Å². The van der Waals surface area contributed by atoms with E-state index in [9.17, 15) is 13.6 Å². The summed E-state index contributed by atoms with van der Waals surface area (Å²) in [5, 5.41) is 2.47. The molecule has 2 nitrogen and oxygen atoms in total. The lowest BCUT2D eigenvalue weighted by molar-refractivity contribution is -0.126. The van der Waals surface area contributed by atoms with E-state index in [0.29, 0.717) is 16.3 Å². The van der Waals surface area contributed by atoms with E-state index in [4.69, 9.17) is 11.6 Å². The highest BCUT2D eigenvalue weighted by atomic mass is 35.5. The highest BCUT2D eigenvalue weighted by Crippen LogP contribution is 2.20. The third-order valence-electron chi connectivity index (χ3n) is 1.66.